The van der Waals surface area contributed by atoms with E-state index in [0.717, 1.165) is 0 Å². The van der Waals surface area contributed by atoms with Gasteiger partial charge in [-0.05, 0) is 31.0 Å². The Kier molecular flexibility index (Phi) is 6.43. The first-order valence-electron chi connectivity index (χ1n) is 10.9. The number of H-pyrrole nitrogens is 1. The highest BCUT2D eigenvalue weighted by molar-refractivity contribution is 7.95. The lowest BCUT2D eigenvalue weighted by atomic mass is 9.91. The summed E-state index contributed by atoms with van der Waals surface area (Å²) in [7, 11) is -2.75. The van der Waals surface area contributed by atoms with Gasteiger partial charge in [0.25, 0.3) is 5.56 Å². The number of hydrogen-bond donors (Lipinski definition) is 1. The van der Waals surface area contributed by atoms with Gasteiger partial charge in [-0.1, -0.05) is 41.6 Å². The molecule has 0 bridgehead atoms. The van der Waals surface area contributed by atoms with Crippen molar-refractivity contribution in [2.45, 2.75) is 38.1 Å². The first kappa shape index (κ1) is 24.1. The van der Waals surface area contributed by atoms with Crippen molar-refractivity contribution >= 4 is 27.3 Å². The fraction of sp³-hybridized carbons (Fsp3) is 0.240. The maximum Gasteiger partial charge on any atom is 0.272 e. The summed E-state index contributed by atoms with van der Waals surface area (Å²) in [4.78, 5) is 41.8. The molecule has 10 heteroatoms. The van der Waals surface area contributed by atoms with Crippen LogP contribution in [0.2, 0.25) is 0 Å². The fourth-order valence-corrected chi connectivity index (χ4v) is 5.90. The van der Waals surface area contributed by atoms with E-state index in [4.69, 9.17) is 4.84 Å². The number of carbonyl (C=O) groups excluding carboxylic acids is 2. The minimum absolute atomic E-state index is 0.0300. The third kappa shape index (κ3) is 4.07. The van der Waals surface area contributed by atoms with Crippen molar-refractivity contribution < 1.29 is 22.8 Å². The number of allylic oxidation sites excluding steroid dienone is 1. The molecule has 0 atom stereocenters. The molecule has 0 amide bonds. The molecule has 0 aliphatic carbocycles. The van der Waals surface area contributed by atoms with E-state index < -0.39 is 20.3 Å². The van der Waals surface area contributed by atoms with Gasteiger partial charge in [0.2, 0.25) is 9.84 Å². The van der Waals surface area contributed by atoms with Crippen LogP contribution in [0.1, 0.15) is 40.5 Å². The van der Waals surface area contributed by atoms with Gasteiger partial charge in [0.05, 0.1) is 28.3 Å². The fourth-order valence-electron chi connectivity index (χ4n) is 4.41. The summed E-state index contributed by atoms with van der Waals surface area (Å²) in [6.07, 6.45) is -0.305. The van der Waals surface area contributed by atoms with Crippen LogP contribution in [0.25, 0.3) is 11.1 Å². The third-order valence-corrected chi connectivity index (χ3v) is 7.86. The van der Waals surface area contributed by atoms with E-state index in [-0.39, 0.29) is 40.4 Å². The van der Waals surface area contributed by atoms with Crippen molar-refractivity contribution in [1.29, 1.82) is 0 Å². The number of nitrogens with zero attached hydrogens (tertiary/aromatic N) is 2. The Bertz CT molecular complexity index is 1570. The van der Waals surface area contributed by atoms with Crippen LogP contribution in [0.3, 0.4) is 0 Å². The molecule has 0 radical (unpaired) electrons. The number of fused-ring (bicyclic) bond motifs is 1. The van der Waals surface area contributed by atoms with Crippen LogP contribution in [-0.2, 0) is 32.4 Å². The summed E-state index contributed by atoms with van der Waals surface area (Å²) >= 11 is 0. The van der Waals surface area contributed by atoms with Gasteiger partial charge in [0.1, 0.15) is 18.0 Å². The lowest BCUT2D eigenvalue weighted by Gasteiger charge is -2.22. The molecule has 0 saturated carbocycles. The van der Waals surface area contributed by atoms with Gasteiger partial charge < -0.3 is 4.84 Å². The molecule has 0 unspecified atom stereocenters. The molecule has 4 rings (SSSR count). The second kappa shape index (κ2) is 9.32. The third-order valence-electron chi connectivity index (χ3n) is 6.06. The quantitative estimate of drug-likeness (QED) is 0.320. The number of nitrogens with one attached hydrogen (secondary N) is 1. The van der Waals surface area contributed by atoms with E-state index in [1.165, 1.54) is 25.2 Å². The average Bonchev–Trinajstić information content (AvgIpc) is 3.16. The first-order chi connectivity index (χ1) is 16.7. The Morgan fingerprint density at radius 2 is 1.89 bits per heavy atom. The number of hydrogen-bond acceptors (Lipinski definition) is 7. The summed E-state index contributed by atoms with van der Waals surface area (Å²) < 4.78 is 27.5. The molecule has 9 nitrogen and oxygen atoms in total. The maximum atomic E-state index is 13.1. The summed E-state index contributed by atoms with van der Waals surface area (Å²) in [6.45, 7) is 3.95. The number of sulfone groups is 1. The number of rotatable bonds is 6. The standard InChI is InChI=1S/C25H23N3O6S/c1-4-28-20(13-21(30)16-8-6-5-7-9-16)24(25(31)26-28)18-10-11-22-23(15(18)2)19(27-34-3)12-17(14-29)35(22,32)33/h5-11H,4,12-13H2,1-3H3,(H,26,31). The van der Waals surface area contributed by atoms with Crippen LogP contribution < -0.4 is 5.56 Å². The van der Waals surface area contributed by atoms with Crippen molar-refractivity contribution in [3.8, 4) is 11.1 Å². The number of benzene rings is 2. The van der Waals surface area contributed by atoms with Gasteiger partial charge in [0.15, 0.2) is 5.78 Å². The van der Waals surface area contributed by atoms with Crippen molar-refractivity contribution in [2.75, 3.05) is 7.11 Å². The minimum Gasteiger partial charge on any atom is -0.399 e. The zero-order chi connectivity index (χ0) is 25.3. The molecule has 3 aromatic rings. The molecule has 1 aliphatic rings. The number of aromatic nitrogens is 2. The lowest BCUT2D eigenvalue weighted by molar-refractivity contribution is 0.0990. The van der Waals surface area contributed by atoms with Gasteiger partial charge in [-0.25, -0.2) is 13.2 Å². The Morgan fingerprint density at radius 3 is 2.51 bits per heavy atom. The molecule has 1 aromatic heterocycles. The Morgan fingerprint density at radius 1 is 1.17 bits per heavy atom. The summed E-state index contributed by atoms with van der Waals surface area (Å²) in [6, 6.07) is 11.6. The Labute approximate surface area is 201 Å². The van der Waals surface area contributed by atoms with Crippen LogP contribution in [0.15, 0.2) is 62.2 Å². The zero-order valence-electron chi connectivity index (χ0n) is 19.4. The summed E-state index contributed by atoms with van der Waals surface area (Å²) in [5.74, 6) is 1.34. The van der Waals surface area contributed by atoms with Crippen LogP contribution in [-0.4, -0.2) is 42.7 Å². The highest BCUT2D eigenvalue weighted by Gasteiger charge is 2.36. The largest absolute Gasteiger partial charge is 0.399 e. The van der Waals surface area contributed by atoms with Crippen LogP contribution in [0.4, 0.5) is 0 Å². The predicted octanol–water partition coefficient (Wildman–Crippen LogP) is 2.84. The molecular formula is C25H23N3O6S. The van der Waals surface area contributed by atoms with Crippen molar-refractivity contribution in [2.24, 2.45) is 5.16 Å². The monoisotopic (exact) mass is 493 g/mol. The van der Waals surface area contributed by atoms with Gasteiger partial charge in [-0.3, -0.25) is 19.4 Å². The minimum atomic E-state index is -4.07. The van der Waals surface area contributed by atoms with Gasteiger partial charge >= 0.3 is 0 Å². The zero-order valence-corrected chi connectivity index (χ0v) is 20.2. The van der Waals surface area contributed by atoms with Crippen molar-refractivity contribution in [1.82, 2.24) is 9.78 Å². The van der Waals surface area contributed by atoms with Crippen LogP contribution in [0.5, 0.6) is 0 Å². The number of aromatic amines is 1. The van der Waals surface area contributed by atoms with E-state index in [1.54, 1.807) is 35.9 Å². The predicted molar refractivity (Wildman–Crippen MR) is 130 cm³/mol. The number of aryl methyl sites for hydroxylation is 1. The molecular weight excluding hydrogens is 470 g/mol. The lowest BCUT2D eigenvalue weighted by Crippen LogP contribution is -2.23. The van der Waals surface area contributed by atoms with Crippen LogP contribution >= 0.6 is 0 Å². The molecule has 0 fully saturated rings. The number of Topliss-reactive ketones (excluding diaryl/α,β-unsaturated/α-hetero) is 1. The van der Waals surface area contributed by atoms with E-state index in [9.17, 15) is 22.8 Å². The van der Waals surface area contributed by atoms with E-state index in [2.05, 4.69) is 10.3 Å². The smallest absolute Gasteiger partial charge is 0.272 e. The highest BCUT2D eigenvalue weighted by atomic mass is 32.2. The second-order valence-corrected chi connectivity index (χ2v) is 9.95. The molecule has 35 heavy (non-hydrogen) atoms. The highest BCUT2D eigenvalue weighted by Crippen LogP contribution is 2.38. The molecule has 0 saturated heterocycles. The Hall–Kier alpha value is -4.01. The second-order valence-electron chi connectivity index (χ2n) is 8.01. The van der Waals surface area contributed by atoms with E-state index in [0.29, 0.717) is 28.9 Å². The van der Waals surface area contributed by atoms with E-state index >= 15 is 0 Å². The first-order valence-corrected chi connectivity index (χ1v) is 12.4. The summed E-state index contributed by atoms with van der Waals surface area (Å²) in [5.41, 5.74) is 2.34. The molecule has 1 N–H and O–H groups in total. The van der Waals surface area contributed by atoms with Gasteiger partial charge in [0, 0.05) is 24.1 Å². The SMILES string of the molecule is CCn1[nH]c(=O)c(-c2ccc3c(c2C)C(=NOC)CC(=C=O)S3(=O)=O)c1CC(=O)c1ccccc1. The van der Waals surface area contributed by atoms with Crippen molar-refractivity contribution in [3.63, 3.8) is 0 Å². The number of ketones is 1. The molecule has 1 aliphatic heterocycles. The number of carbonyl (C=O) groups is 1. The molecule has 0 spiro atoms. The molecule has 180 valence electrons. The maximum absolute atomic E-state index is 13.1. The van der Waals surface area contributed by atoms with Gasteiger partial charge in [-0.2, -0.15) is 0 Å². The average molecular weight is 494 g/mol. The molecule has 2 heterocycles. The van der Waals surface area contributed by atoms with Gasteiger partial charge in [-0.15, -0.1) is 0 Å². The topological polar surface area (TPSA) is 128 Å². The van der Waals surface area contributed by atoms with Crippen LogP contribution in [0, 0.1) is 6.92 Å². The Balaban J connectivity index is 1.95. The van der Waals surface area contributed by atoms with E-state index in [1.807, 2.05) is 13.0 Å². The number of oxime groups is 1. The molecule has 2 aromatic carbocycles. The van der Waals surface area contributed by atoms with Crippen molar-refractivity contribution in [3.05, 3.63) is 80.1 Å². The summed E-state index contributed by atoms with van der Waals surface area (Å²) in [5, 5.41) is 6.72. The normalized spacial score (nSPS) is 15.5.